The van der Waals surface area contributed by atoms with Crippen LogP contribution in [-0.2, 0) is 20.3 Å². The zero-order chi connectivity index (χ0) is 12.0. The molecule has 1 aromatic carbocycles. The van der Waals surface area contributed by atoms with Gasteiger partial charge < -0.3 is 9.47 Å². The van der Waals surface area contributed by atoms with E-state index in [1.165, 1.54) is 14.2 Å². The molecule has 0 aliphatic rings. The highest BCUT2D eigenvalue weighted by atomic mass is 32.2. The van der Waals surface area contributed by atoms with Crippen molar-refractivity contribution in [1.29, 1.82) is 0 Å². The Morgan fingerprint density at radius 1 is 1.19 bits per heavy atom. The molecule has 88 valence electrons. The lowest BCUT2D eigenvalue weighted by molar-refractivity contribution is -0.0664. The van der Waals surface area contributed by atoms with E-state index >= 15 is 0 Å². The average Bonchev–Trinajstić information content (AvgIpc) is 2.31. The molecule has 0 saturated carbocycles. The Morgan fingerprint density at radius 2 is 1.75 bits per heavy atom. The molecule has 0 aliphatic heterocycles. The summed E-state index contributed by atoms with van der Waals surface area (Å²) in [5.41, 5.74) is 1.15. The van der Waals surface area contributed by atoms with Crippen LogP contribution in [0.15, 0.2) is 40.6 Å². The van der Waals surface area contributed by atoms with Gasteiger partial charge in [-0.3, -0.25) is 0 Å². The molecule has 1 atom stereocenters. The third-order valence-corrected chi connectivity index (χ3v) is 3.22. The molecular weight excluding hydrogens is 224 g/mol. The molecule has 0 N–H and O–H groups in total. The van der Waals surface area contributed by atoms with Crippen LogP contribution in [0.2, 0.25) is 0 Å². The number of hydrogen-bond acceptors (Lipinski definition) is 3. The smallest absolute Gasteiger partial charge is 0.177 e. The van der Waals surface area contributed by atoms with E-state index < -0.39 is 17.1 Å². The van der Waals surface area contributed by atoms with Gasteiger partial charge in [0.05, 0.1) is 10.8 Å². The summed E-state index contributed by atoms with van der Waals surface area (Å²) in [7, 11) is 1.91. The summed E-state index contributed by atoms with van der Waals surface area (Å²) >= 11 is 0. The van der Waals surface area contributed by atoms with Crippen LogP contribution >= 0.6 is 0 Å². The summed E-state index contributed by atoms with van der Waals surface area (Å²) in [6.45, 7) is 1.99. The largest absolute Gasteiger partial charge is 0.352 e. The quantitative estimate of drug-likeness (QED) is 0.740. The first-order valence-corrected chi connectivity index (χ1v) is 6.10. The summed E-state index contributed by atoms with van der Waals surface area (Å²) in [5, 5.41) is 1.57. The number of hydrogen-bond donors (Lipinski definition) is 0. The summed E-state index contributed by atoms with van der Waals surface area (Å²) in [5.74, 6) is 0. The van der Waals surface area contributed by atoms with Crippen LogP contribution in [0, 0.1) is 6.92 Å². The van der Waals surface area contributed by atoms with Gasteiger partial charge in [0.25, 0.3) is 0 Å². The zero-order valence-corrected chi connectivity index (χ0v) is 10.5. The van der Waals surface area contributed by atoms with E-state index in [2.05, 4.69) is 0 Å². The zero-order valence-electron chi connectivity index (χ0n) is 9.67. The molecule has 0 spiro atoms. The van der Waals surface area contributed by atoms with Gasteiger partial charge in [-0.2, -0.15) is 0 Å². The third kappa shape index (κ3) is 3.89. The Kier molecular flexibility index (Phi) is 5.38. The van der Waals surface area contributed by atoms with Crippen LogP contribution in [-0.4, -0.2) is 24.7 Å². The van der Waals surface area contributed by atoms with Crippen molar-refractivity contribution in [2.75, 3.05) is 14.2 Å². The molecule has 0 unspecified atom stereocenters. The standard InChI is InChI=1S/C12H16O3S/c1-10-4-6-11(7-5-10)16(13)9-8-12(14-2)15-3/h4-9,12H,1-3H3/b9-8+/t16-/m1/s1. The molecule has 3 nitrogen and oxygen atoms in total. The Hall–Kier alpha value is -0.970. The van der Waals surface area contributed by atoms with Crippen molar-refractivity contribution >= 4 is 10.8 Å². The minimum atomic E-state index is -1.16. The molecule has 0 aromatic heterocycles. The predicted molar refractivity (Wildman–Crippen MR) is 64.5 cm³/mol. The molecule has 0 heterocycles. The normalized spacial score (nSPS) is 13.5. The van der Waals surface area contributed by atoms with E-state index in [9.17, 15) is 4.21 Å². The van der Waals surface area contributed by atoms with Crippen LogP contribution < -0.4 is 0 Å². The van der Waals surface area contributed by atoms with E-state index in [-0.39, 0.29) is 0 Å². The first-order valence-electron chi connectivity index (χ1n) is 4.88. The van der Waals surface area contributed by atoms with E-state index in [1.54, 1.807) is 11.5 Å². The maximum absolute atomic E-state index is 11.8. The number of ether oxygens (including phenoxy) is 2. The maximum Gasteiger partial charge on any atom is 0.177 e. The van der Waals surface area contributed by atoms with Gasteiger partial charge in [0, 0.05) is 24.5 Å². The lowest BCUT2D eigenvalue weighted by Gasteiger charge is -2.07. The predicted octanol–water partition coefficient (Wildman–Crippen LogP) is 2.24. The highest BCUT2D eigenvalue weighted by Crippen LogP contribution is 2.09. The number of benzene rings is 1. The van der Waals surface area contributed by atoms with Gasteiger partial charge in [-0.1, -0.05) is 17.7 Å². The molecule has 0 amide bonds. The molecule has 0 radical (unpaired) electrons. The monoisotopic (exact) mass is 240 g/mol. The lowest BCUT2D eigenvalue weighted by atomic mass is 10.2. The van der Waals surface area contributed by atoms with E-state index in [1.807, 2.05) is 31.2 Å². The number of rotatable bonds is 5. The highest BCUT2D eigenvalue weighted by molar-refractivity contribution is 7.88. The van der Waals surface area contributed by atoms with Crippen molar-refractivity contribution in [3.8, 4) is 0 Å². The maximum atomic E-state index is 11.8. The molecule has 0 bridgehead atoms. The van der Waals surface area contributed by atoms with Gasteiger partial charge in [0.15, 0.2) is 6.29 Å². The van der Waals surface area contributed by atoms with Crippen LogP contribution in [0.3, 0.4) is 0 Å². The second-order valence-corrected chi connectivity index (χ2v) is 4.62. The van der Waals surface area contributed by atoms with Gasteiger partial charge in [-0.25, -0.2) is 4.21 Å². The minimum absolute atomic E-state index is 0.450. The Labute approximate surface area is 98.5 Å². The van der Waals surface area contributed by atoms with Crippen LogP contribution in [0.4, 0.5) is 0 Å². The number of methoxy groups -OCH3 is 2. The van der Waals surface area contributed by atoms with Gasteiger partial charge in [-0.15, -0.1) is 0 Å². The van der Waals surface area contributed by atoms with E-state index in [4.69, 9.17) is 9.47 Å². The fourth-order valence-corrected chi connectivity index (χ4v) is 1.97. The second-order valence-electron chi connectivity index (χ2n) is 3.28. The molecule has 4 heteroatoms. The van der Waals surface area contributed by atoms with E-state index in [0.717, 1.165) is 10.5 Å². The van der Waals surface area contributed by atoms with Gasteiger partial charge >= 0.3 is 0 Å². The van der Waals surface area contributed by atoms with Gasteiger partial charge in [0.1, 0.15) is 0 Å². The molecule has 16 heavy (non-hydrogen) atoms. The van der Waals surface area contributed by atoms with Crippen LogP contribution in [0.1, 0.15) is 5.56 Å². The van der Waals surface area contributed by atoms with Gasteiger partial charge in [-0.05, 0) is 25.1 Å². The first kappa shape index (κ1) is 13.1. The highest BCUT2D eigenvalue weighted by Gasteiger charge is 2.02. The van der Waals surface area contributed by atoms with Crippen molar-refractivity contribution in [1.82, 2.24) is 0 Å². The van der Waals surface area contributed by atoms with Gasteiger partial charge in [0.2, 0.25) is 0 Å². The average molecular weight is 240 g/mol. The van der Waals surface area contributed by atoms with Crippen molar-refractivity contribution in [2.24, 2.45) is 0 Å². The first-order chi connectivity index (χ1) is 7.67. The third-order valence-electron chi connectivity index (χ3n) is 2.08. The lowest BCUT2D eigenvalue weighted by Crippen LogP contribution is -2.08. The van der Waals surface area contributed by atoms with Crippen molar-refractivity contribution in [2.45, 2.75) is 18.1 Å². The molecule has 1 aromatic rings. The second kappa shape index (κ2) is 6.58. The molecule has 1 rings (SSSR count). The minimum Gasteiger partial charge on any atom is -0.352 e. The summed E-state index contributed by atoms with van der Waals surface area (Å²) in [6, 6.07) is 7.57. The Bertz CT molecular complexity index is 366. The van der Waals surface area contributed by atoms with E-state index in [0.29, 0.717) is 0 Å². The fourth-order valence-electron chi connectivity index (χ4n) is 1.14. The molecule has 0 saturated heterocycles. The summed E-state index contributed by atoms with van der Waals surface area (Å²) < 4.78 is 21.7. The topological polar surface area (TPSA) is 35.5 Å². The van der Waals surface area contributed by atoms with Crippen molar-refractivity contribution in [3.63, 3.8) is 0 Å². The molecule has 0 aliphatic carbocycles. The summed E-state index contributed by atoms with van der Waals surface area (Å²) in [4.78, 5) is 0.771. The molecule has 0 fully saturated rings. The Balaban J connectivity index is 2.68. The number of aryl methyl sites for hydroxylation is 1. The molecular formula is C12H16O3S. The van der Waals surface area contributed by atoms with Crippen molar-refractivity contribution < 1.29 is 13.7 Å². The fraction of sp³-hybridized carbons (Fsp3) is 0.333. The SMILES string of the molecule is COC(/C=C/[S@@](=O)c1ccc(C)cc1)OC. The van der Waals surface area contributed by atoms with Crippen LogP contribution in [0.5, 0.6) is 0 Å². The van der Waals surface area contributed by atoms with Crippen LogP contribution in [0.25, 0.3) is 0 Å². The van der Waals surface area contributed by atoms with Crippen molar-refractivity contribution in [3.05, 3.63) is 41.3 Å². The Morgan fingerprint density at radius 3 is 2.25 bits per heavy atom. The summed E-state index contributed by atoms with van der Waals surface area (Å²) in [6.07, 6.45) is 1.19.